The van der Waals surface area contributed by atoms with E-state index in [-0.39, 0.29) is 12.4 Å². The van der Waals surface area contributed by atoms with Gasteiger partial charge < -0.3 is 15.5 Å². The zero-order chi connectivity index (χ0) is 20.3. The Hall–Kier alpha value is -2.25. The van der Waals surface area contributed by atoms with E-state index in [1.54, 1.807) is 41.2 Å². The van der Waals surface area contributed by atoms with Crippen LogP contribution in [0.3, 0.4) is 0 Å². The van der Waals surface area contributed by atoms with Gasteiger partial charge in [-0.25, -0.2) is 0 Å². The third-order valence-corrected chi connectivity index (χ3v) is 5.85. The zero-order valence-corrected chi connectivity index (χ0v) is 17.8. The summed E-state index contributed by atoms with van der Waals surface area (Å²) in [6.45, 7) is 3.97. The molecule has 0 bridgehead atoms. The lowest BCUT2D eigenvalue weighted by molar-refractivity contribution is -0.576. The lowest BCUT2D eigenvalue weighted by Gasteiger charge is -2.11. The topological polar surface area (TPSA) is 56.4 Å². The van der Waals surface area contributed by atoms with Gasteiger partial charge in [-0.2, -0.15) is 4.57 Å². The van der Waals surface area contributed by atoms with Gasteiger partial charge in [-0.1, -0.05) is 29.9 Å². The van der Waals surface area contributed by atoms with Gasteiger partial charge in [-0.05, 0) is 55.3 Å². The first-order valence-electron chi connectivity index (χ1n) is 8.58. The normalized spacial score (nSPS) is 11.9. The Kier molecular flexibility index (Phi) is 6.46. The smallest absolute Gasteiger partial charge is 0.289 e. The molecule has 3 rings (SSSR count). The molecule has 0 aliphatic carbocycles. The number of hydrogen-bond acceptors (Lipinski definition) is 4. The highest BCUT2D eigenvalue weighted by molar-refractivity contribution is 7.81. The maximum Gasteiger partial charge on any atom is 0.289 e. The zero-order valence-electron chi connectivity index (χ0n) is 15.4. The highest BCUT2D eigenvalue weighted by atomic mass is 35.5. The summed E-state index contributed by atoms with van der Waals surface area (Å²) < 4.78 is 2.27. The molecule has 0 atom stereocenters. The van der Waals surface area contributed by atoms with Crippen molar-refractivity contribution < 1.29 is 14.8 Å². The number of rotatable bonds is 5. The number of nitrogens with zero attached hydrogens (tertiary/aromatic N) is 1. The van der Waals surface area contributed by atoms with Crippen molar-refractivity contribution >= 4 is 57.3 Å². The number of benzene rings is 1. The summed E-state index contributed by atoms with van der Waals surface area (Å²) >= 11 is 12.9. The number of halogens is 1. The van der Waals surface area contributed by atoms with Crippen molar-refractivity contribution in [2.24, 2.45) is 0 Å². The lowest BCUT2D eigenvalue weighted by atomic mass is 10.1. The Morgan fingerprint density at radius 1 is 1.18 bits per heavy atom. The number of aliphatic hydroxyl groups is 2. The summed E-state index contributed by atoms with van der Waals surface area (Å²) in [4.78, 5) is 0.955. The Balaban J connectivity index is 2.07. The summed E-state index contributed by atoms with van der Waals surface area (Å²) in [7, 11) is 0. The first-order valence-corrected chi connectivity index (χ1v) is 10.2. The summed E-state index contributed by atoms with van der Waals surface area (Å²) in [6.07, 6.45) is 3.50. The molecule has 4 nitrogen and oxygen atoms in total. The Bertz CT molecular complexity index is 1060. The van der Waals surface area contributed by atoms with Gasteiger partial charge >= 0.3 is 0 Å². The van der Waals surface area contributed by atoms with Crippen LogP contribution in [0.15, 0.2) is 54.9 Å². The fraction of sp³-hybridized carbons (Fsp3) is 0.143. The number of pyridine rings is 1. The Morgan fingerprint density at radius 2 is 1.96 bits per heavy atom. The number of aliphatic hydroxyl groups excluding tert-OH is 2. The number of nitrogens with one attached hydrogen (secondary N) is 1. The summed E-state index contributed by atoms with van der Waals surface area (Å²) in [5.41, 5.74) is 4.27. The van der Waals surface area contributed by atoms with Crippen LogP contribution in [-0.4, -0.2) is 15.2 Å². The number of aromatic nitrogens is 1. The minimum atomic E-state index is -0.114. The minimum Gasteiger partial charge on any atom is -0.501 e. The average Bonchev–Trinajstić information content (AvgIpc) is 3.11. The Morgan fingerprint density at radius 3 is 2.61 bits per heavy atom. The highest BCUT2D eigenvalue weighted by Crippen LogP contribution is 2.29. The maximum atomic E-state index is 11.0. The van der Waals surface area contributed by atoms with Gasteiger partial charge in [0.05, 0.1) is 15.8 Å². The molecular weight excluding hydrogens is 412 g/mol. The van der Waals surface area contributed by atoms with Crippen molar-refractivity contribution in [3.05, 3.63) is 80.8 Å². The molecule has 1 aromatic carbocycles. The summed E-state index contributed by atoms with van der Waals surface area (Å²) in [6, 6.07) is 13.0. The van der Waals surface area contributed by atoms with Crippen LogP contribution in [0.5, 0.6) is 0 Å². The standard InChI is InChI=1S/C21H19ClN2O2S2/c1-13-5-6-16(10-14(13)2)23-21(27)19(20(26)17-7-8-18(22)28-17)24-9-3-4-15(11-24)12-25/h3-11,25H,12H2,1-2H3,(H-,23,26,27)/p+1. The monoisotopic (exact) mass is 431 g/mol. The van der Waals surface area contributed by atoms with E-state index in [1.165, 1.54) is 16.9 Å². The molecule has 0 unspecified atom stereocenters. The Labute approximate surface area is 178 Å². The average molecular weight is 432 g/mol. The third-order valence-electron chi connectivity index (χ3n) is 4.31. The fourth-order valence-electron chi connectivity index (χ4n) is 2.67. The molecule has 0 radical (unpaired) electrons. The second-order valence-corrected chi connectivity index (χ2v) is 8.46. The first-order chi connectivity index (χ1) is 13.4. The maximum absolute atomic E-state index is 11.0. The van der Waals surface area contributed by atoms with Gasteiger partial charge in [0.1, 0.15) is 0 Å². The van der Waals surface area contributed by atoms with E-state index in [0.717, 1.165) is 11.3 Å². The third kappa shape index (κ3) is 4.59. The molecule has 144 valence electrons. The van der Waals surface area contributed by atoms with E-state index in [0.29, 0.717) is 25.5 Å². The number of aryl methyl sites for hydroxylation is 2. The second-order valence-electron chi connectivity index (χ2n) is 6.33. The molecule has 0 spiro atoms. The molecule has 28 heavy (non-hydrogen) atoms. The van der Waals surface area contributed by atoms with Crippen LogP contribution in [0, 0.1) is 13.8 Å². The minimum absolute atomic E-state index is 0.0123. The number of thiophene rings is 1. The van der Waals surface area contributed by atoms with E-state index in [1.807, 2.05) is 32.0 Å². The molecule has 3 N–H and O–H groups in total. The lowest BCUT2D eigenvalue weighted by Crippen LogP contribution is -2.39. The molecule has 2 heterocycles. The predicted octanol–water partition coefficient (Wildman–Crippen LogP) is 5.12. The van der Waals surface area contributed by atoms with Crippen LogP contribution in [0.2, 0.25) is 4.34 Å². The second kappa shape index (κ2) is 8.84. The van der Waals surface area contributed by atoms with E-state index in [2.05, 4.69) is 5.32 Å². The highest BCUT2D eigenvalue weighted by Gasteiger charge is 2.25. The molecule has 0 aliphatic heterocycles. The van der Waals surface area contributed by atoms with Gasteiger partial charge in [0, 0.05) is 17.3 Å². The van der Waals surface area contributed by atoms with E-state index in [9.17, 15) is 10.2 Å². The molecular formula is C21H20ClN2O2S2+. The van der Waals surface area contributed by atoms with Crippen molar-refractivity contribution in [3.63, 3.8) is 0 Å². The van der Waals surface area contributed by atoms with Gasteiger partial charge in [0.15, 0.2) is 17.4 Å². The van der Waals surface area contributed by atoms with Gasteiger partial charge in [0.25, 0.3) is 5.70 Å². The van der Waals surface area contributed by atoms with Gasteiger partial charge in [-0.3, -0.25) is 0 Å². The molecule has 0 amide bonds. The van der Waals surface area contributed by atoms with E-state index >= 15 is 0 Å². The number of thiocarbonyl (C=S) groups is 1. The molecule has 7 heteroatoms. The van der Waals surface area contributed by atoms with Crippen LogP contribution in [0.25, 0.3) is 11.5 Å². The van der Waals surface area contributed by atoms with Gasteiger partial charge in [0.2, 0.25) is 5.76 Å². The number of hydrogen-bond donors (Lipinski definition) is 3. The fourth-order valence-corrected chi connectivity index (χ4v) is 3.98. The van der Waals surface area contributed by atoms with Crippen molar-refractivity contribution in [2.75, 3.05) is 5.32 Å². The van der Waals surface area contributed by atoms with Crippen molar-refractivity contribution in [1.29, 1.82) is 0 Å². The van der Waals surface area contributed by atoms with Crippen molar-refractivity contribution in [3.8, 4) is 0 Å². The van der Waals surface area contributed by atoms with Crippen molar-refractivity contribution in [2.45, 2.75) is 20.5 Å². The van der Waals surface area contributed by atoms with Gasteiger partial charge in [-0.15, -0.1) is 11.3 Å². The molecule has 0 fully saturated rings. The largest absolute Gasteiger partial charge is 0.501 e. The van der Waals surface area contributed by atoms with Crippen LogP contribution < -0.4 is 9.88 Å². The van der Waals surface area contributed by atoms with Crippen molar-refractivity contribution in [1.82, 2.24) is 0 Å². The van der Waals surface area contributed by atoms with Crippen LogP contribution >= 0.6 is 35.2 Å². The summed E-state index contributed by atoms with van der Waals surface area (Å²) in [5.74, 6) is 0.0123. The summed E-state index contributed by atoms with van der Waals surface area (Å²) in [5, 5.41) is 23.7. The molecule has 0 aliphatic rings. The molecule has 0 saturated carbocycles. The molecule has 0 saturated heterocycles. The van der Waals surface area contributed by atoms with E-state index in [4.69, 9.17) is 23.8 Å². The molecule has 2 aromatic heterocycles. The quantitative estimate of drug-likeness (QED) is 0.227. The SMILES string of the molecule is Cc1ccc(NC(=S)C(=C(O)c2ccc(Cl)s2)[n+]2cccc(CO)c2)cc1C. The van der Waals surface area contributed by atoms with E-state index < -0.39 is 0 Å². The first kappa shape index (κ1) is 20.5. The van der Waals surface area contributed by atoms with Crippen LogP contribution in [0.4, 0.5) is 5.69 Å². The van der Waals surface area contributed by atoms with Crippen LogP contribution in [0.1, 0.15) is 21.6 Å². The number of anilines is 1. The van der Waals surface area contributed by atoms with Crippen LogP contribution in [-0.2, 0) is 6.61 Å². The molecule has 3 aromatic rings. The predicted molar refractivity (Wildman–Crippen MR) is 120 cm³/mol.